The first kappa shape index (κ1) is 25.8. The van der Waals surface area contributed by atoms with E-state index in [2.05, 4.69) is 30.4 Å². The fraction of sp³-hybridized carbons (Fsp3) is 0.273. The third-order valence-corrected chi connectivity index (χ3v) is 5.43. The molecule has 5 rings (SSSR count). The fourth-order valence-electron chi connectivity index (χ4n) is 3.48. The van der Waals surface area contributed by atoms with Crippen LogP contribution in [-0.2, 0) is 11.2 Å². The van der Waals surface area contributed by atoms with Crippen molar-refractivity contribution in [1.29, 1.82) is 0 Å². The summed E-state index contributed by atoms with van der Waals surface area (Å²) in [7, 11) is 0. The lowest BCUT2D eigenvalue weighted by atomic mass is 10.1. The van der Waals surface area contributed by atoms with Gasteiger partial charge in [-0.3, -0.25) is 4.79 Å². The maximum atomic E-state index is 13.4. The summed E-state index contributed by atoms with van der Waals surface area (Å²) in [6, 6.07) is 7.94. The Hall–Kier alpha value is -4.30. The molecule has 1 amide bonds. The molecule has 0 radical (unpaired) electrons. The second kappa shape index (κ2) is 9.63. The summed E-state index contributed by atoms with van der Waals surface area (Å²) in [6.07, 6.45) is -5.49. The number of benzene rings is 1. The van der Waals surface area contributed by atoms with Gasteiger partial charge in [-0.05, 0) is 25.5 Å². The molecule has 0 saturated carbocycles. The highest BCUT2D eigenvalue weighted by Crippen LogP contribution is 2.39. The first-order valence-corrected chi connectivity index (χ1v) is 10.7. The third-order valence-electron chi connectivity index (χ3n) is 5.43. The van der Waals surface area contributed by atoms with Crippen LogP contribution >= 0.6 is 0 Å². The Morgan fingerprint density at radius 3 is 2.41 bits per heavy atom. The zero-order valence-electron chi connectivity index (χ0n) is 19.0. The number of aromatic nitrogens is 6. The molecule has 15 heteroatoms. The monoisotopic (exact) mass is 524 g/mol. The molecular formula is C22H18F6N8O. The summed E-state index contributed by atoms with van der Waals surface area (Å²) in [6.45, 7) is 1.62. The van der Waals surface area contributed by atoms with Crippen molar-refractivity contribution < 1.29 is 31.1 Å². The van der Waals surface area contributed by atoms with Crippen molar-refractivity contribution in [2.24, 2.45) is 0 Å². The molecule has 9 nitrogen and oxygen atoms in total. The van der Waals surface area contributed by atoms with Crippen molar-refractivity contribution in [1.82, 2.24) is 29.5 Å². The molecule has 4 heterocycles. The number of halogens is 6. The van der Waals surface area contributed by atoms with Crippen LogP contribution in [0.4, 0.5) is 38.0 Å². The van der Waals surface area contributed by atoms with E-state index in [1.54, 1.807) is 25.1 Å². The van der Waals surface area contributed by atoms with E-state index in [1.807, 2.05) is 0 Å². The number of carbonyl (C=O) groups is 1. The lowest BCUT2D eigenvalue weighted by Gasteiger charge is -2.19. The highest BCUT2D eigenvalue weighted by atomic mass is 19.4. The molecule has 0 saturated heterocycles. The standard InChI is InChI=1S/C16H13F5N8O.C6H5F/c1-6-9-10(22)26-11(27-12(9)28-14(6)30)8-4-29-13(23-5-24-29)7(25-8)2-3-15(17,18)16(19,20)21;7-6-4-2-1-3-5-6/h4-6H,2-3H2,1H3,(H3,22,26,27,28,30);1-5H/t6-;/m1./s1. The Balaban J connectivity index is 0.000000396. The number of hydrogen-bond donors (Lipinski definition) is 2. The van der Waals surface area contributed by atoms with E-state index in [1.165, 1.54) is 18.3 Å². The van der Waals surface area contributed by atoms with E-state index in [0.29, 0.717) is 5.56 Å². The van der Waals surface area contributed by atoms with Gasteiger partial charge >= 0.3 is 12.1 Å². The number of aryl methyl sites for hydroxylation is 1. The molecule has 0 unspecified atom stereocenters. The van der Waals surface area contributed by atoms with Crippen molar-refractivity contribution in [2.75, 3.05) is 11.1 Å². The maximum Gasteiger partial charge on any atom is 0.453 e. The summed E-state index contributed by atoms with van der Waals surface area (Å²) < 4.78 is 77.3. The van der Waals surface area contributed by atoms with Gasteiger partial charge < -0.3 is 11.1 Å². The van der Waals surface area contributed by atoms with Gasteiger partial charge in [0.15, 0.2) is 11.5 Å². The normalized spacial score (nSPS) is 15.2. The minimum atomic E-state index is -5.68. The molecule has 37 heavy (non-hydrogen) atoms. The van der Waals surface area contributed by atoms with Gasteiger partial charge in [0.2, 0.25) is 5.91 Å². The van der Waals surface area contributed by atoms with Gasteiger partial charge in [0.1, 0.15) is 29.5 Å². The first-order chi connectivity index (χ1) is 17.4. The molecule has 1 aliphatic heterocycles. The SMILES string of the molecule is C[C@H]1C(=O)Nc2nc(-c3cn4ncnc4c(CCC(F)(F)C(F)(F)F)n3)nc(N)c21.Fc1ccccc1. The number of nitrogen functional groups attached to an aromatic ring is 1. The summed E-state index contributed by atoms with van der Waals surface area (Å²) >= 11 is 0. The fourth-order valence-corrected chi connectivity index (χ4v) is 3.48. The van der Waals surface area contributed by atoms with E-state index in [0.717, 1.165) is 10.8 Å². The minimum Gasteiger partial charge on any atom is -0.383 e. The van der Waals surface area contributed by atoms with E-state index in [4.69, 9.17) is 5.73 Å². The predicted molar refractivity (Wildman–Crippen MR) is 119 cm³/mol. The van der Waals surface area contributed by atoms with Gasteiger partial charge in [-0.2, -0.15) is 27.1 Å². The van der Waals surface area contributed by atoms with Crippen molar-refractivity contribution in [3.8, 4) is 11.5 Å². The van der Waals surface area contributed by atoms with Crippen molar-refractivity contribution in [2.45, 2.75) is 37.8 Å². The Morgan fingerprint density at radius 1 is 1.08 bits per heavy atom. The summed E-state index contributed by atoms with van der Waals surface area (Å²) in [5.41, 5.74) is 6.23. The van der Waals surface area contributed by atoms with E-state index >= 15 is 0 Å². The first-order valence-electron chi connectivity index (χ1n) is 10.7. The second-order valence-corrected chi connectivity index (χ2v) is 8.00. The average molecular weight is 524 g/mol. The van der Waals surface area contributed by atoms with Crippen LogP contribution < -0.4 is 11.1 Å². The minimum absolute atomic E-state index is 0.0154. The van der Waals surface area contributed by atoms with Crippen LogP contribution in [0.15, 0.2) is 42.9 Å². The number of fused-ring (bicyclic) bond motifs is 2. The van der Waals surface area contributed by atoms with Crippen LogP contribution in [0.3, 0.4) is 0 Å². The maximum absolute atomic E-state index is 13.4. The number of nitrogens with one attached hydrogen (secondary N) is 1. The molecule has 0 fully saturated rings. The molecular weight excluding hydrogens is 506 g/mol. The summed E-state index contributed by atoms with van der Waals surface area (Å²) in [5.74, 6) is -5.80. The molecule has 3 aromatic heterocycles. The van der Waals surface area contributed by atoms with Crippen LogP contribution in [0.1, 0.15) is 30.5 Å². The van der Waals surface area contributed by atoms with Gasteiger partial charge in [0.25, 0.3) is 0 Å². The highest BCUT2D eigenvalue weighted by molar-refractivity contribution is 6.03. The molecule has 4 aromatic rings. The zero-order valence-corrected chi connectivity index (χ0v) is 19.0. The van der Waals surface area contributed by atoms with Crippen LogP contribution in [0.5, 0.6) is 0 Å². The largest absolute Gasteiger partial charge is 0.453 e. The molecule has 1 atom stereocenters. The number of rotatable bonds is 4. The third kappa shape index (κ3) is 5.29. The Morgan fingerprint density at radius 2 is 1.78 bits per heavy atom. The quantitative estimate of drug-likeness (QED) is 0.384. The molecule has 0 bridgehead atoms. The number of hydrogen-bond acceptors (Lipinski definition) is 7. The number of anilines is 2. The van der Waals surface area contributed by atoms with Gasteiger partial charge in [-0.15, -0.1) is 0 Å². The number of nitrogens with two attached hydrogens (primary N) is 1. The Kier molecular flexibility index (Phi) is 6.71. The molecule has 1 aromatic carbocycles. The number of alkyl halides is 5. The second-order valence-electron chi connectivity index (χ2n) is 8.00. The predicted octanol–water partition coefficient (Wildman–Crippen LogP) is 4.18. The van der Waals surface area contributed by atoms with Crippen LogP contribution in [-0.4, -0.2) is 47.6 Å². The van der Waals surface area contributed by atoms with Crippen molar-refractivity contribution in [3.05, 3.63) is 59.9 Å². The van der Waals surface area contributed by atoms with Crippen LogP contribution in [0.2, 0.25) is 0 Å². The molecule has 0 aliphatic carbocycles. The molecule has 194 valence electrons. The van der Waals surface area contributed by atoms with E-state index < -0.39 is 30.9 Å². The summed E-state index contributed by atoms with van der Waals surface area (Å²) in [5, 5.41) is 6.43. The van der Waals surface area contributed by atoms with Gasteiger partial charge in [0.05, 0.1) is 17.8 Å². The molecule has 3 N–H and O–H groups in total. The topological polar surface area (TPSA) is 124 Å². The Bertz CT molecular complexity index is 1440. The smallest absolute Gasteiger partial charge is 0.383 e. The summed E-state index contributed by atoms with van der Waals surface area (Å²) in [4.78, 5) is 28.1. The molecule has 1 aliphatic rings. The van der Waals surface area contributed by atoms with Crippen LogP contribution in [0.25, 0.3) is 17.2 Å². The van der Waals surface area contributed by atoms with Gasteiger partial charge in [0, 0.05) is 12.0 Å². The lowest BCUT2D eigenvalue weighted by molar-refractivity contribution is -0.284. The van der Waals surface area contributed by atoms with E-state index in [9.17, 15) is 31.1 Å². The van der Waals surface area contributed by atoms with E-state index in [-0.39, 0.29) is 46.2 Å². The number of amides is 1. The number of carbonyl (C=O) groups excluding carboxylic acids is 1. The van der Waals surface area contributed by atoms with Gasteiger partial charge in [-0.25, -0.2) is 28.8 Å². The Labute approximate surface area is 204 Å². The lowest BCUT2D eigenvalue weighted by Crippen LogP contribution is -2.36. The van der Waals surface area contributed by atoms with Crippen LogP contribution in [0, 0.1) is 5.82 Å². The van der Waals surface area contributed by atoms with Gasteiger partial charge in [-0.1, -0.05) is 18.2 Å². The highest BCUT2D eigenvalue weighted by Gasteiger charge is 2.56. The average Bonchev–Trinajstić information content (AvgIpc) is 3.42. The molecule has 0 spiro atoms. The number of nitrogens with zero attached hydrogens (tertiary/aromatic N) is 6. The van der Waals surface area contributed by atoms with Crippen molar-refractivity contribution in [3.63, 3.8) is 0 Å². The zero-order chi connectivity index (χ0) is 27.0. The van der Waals surface area contributed by atoms with Crippen molar-refractivity contribution >= 4 is 23.2 Å².